The molecular weight excluding hydrogens is 304 g/mol. The lowest BCUT2D eigenvalue weighted by molar-refractivity contribution is -0.138. The van der Waals surface area contributed by atoms with E-state index in [2.05, 4.69) is 13.8 Å². The molecule has 4 nitrogen and oxygen atoms in total. The molecule has 0 bridgehead atoms. The minimum Gasteiger partial charge on any atom is -0.422 e. The van der Waals surface area contributed by atoms with E-state index in [4.69, 9.17) is 9.47 Å². The first-order valence-corrected chi connectivity index (χ1v) is 8.72. The van der Waals surface area contributed by atoms with Crippen molar-refractivity contribution in [3.05, 3.63) is 23.8 Å². The Kier molecular flexibility index (Phi) is 7.96. The molecule has 24 heavy (non-hydrogen) atoms. The smallest absolute Gasteiger partial charge is 0.311 e. The number of benzene rings is 1. The van der Waals surface area contributed by atoms with E-state index in [1.54, 1.807) is 6.07 Å². The molecule has 0 radical (unpaired) electrons. The average molecular weight is 334 g/mol. The molecule has 1 aromatic carbocycles. The van der Waals surface area contributed by atoms with Gasteiger partial charge in [-0.2, -0.15) is 0 Å². The highest BCUT2D eigenvalue weighted by molar-refractivity contribution is 5.77. The van der Waals surface area contributed by atoms with E-state index < -0.39 is 0 Å². The van der Waals surface area contributed by atoms with Crippen LogP contribution in [0.3, 0.4) is 0 Å². The maximum atomic E-state index is 12.1. The van der Waals surface area contributed by atoms with Crippen LogP contribution in [0.1, 0.15) is 59.9 Å². The normalized spacial score (nSPS) is 11.2. The highest BCUT2D eigenvalue weighted by Gasteiger charge is 2.19. The minimum atomic E-state index is -0.312. The Morgan fingerprint density at radius 3 is 1.88 bits per heavy atom. The first kappa shape index (κ1) is 20.2. The Labute approximate surface area is 145 Å². The predicted molar refractivity (Wildman–Crippen MR) is 95.2 cm³/mol. The molecule has 0 aliphatic heterocycles. The summed E-state index contributed by atoms with van der Waals surface area (Å²) in [4.78, 5) is 24.1. The molecule has 4 heteroatoms. The molecule has 0 aromatic heterocycles. The van der Waals surface area contributed by atoms with Gasteiger partial charge < -0.3 is 9.47 Å². The van der Waals surface area contributed by atoms with Crippen molar-refractivity contribution in [2.24, 2.45) is 17.8 Å². The Bertz CT molecular complexity index is 559. The van der Waals surface area contributed by atoms with Crippen molar-refractivity contribution < 1.29 is 19.1 Å². The summed E-state index contributed by atoms with van der Waals surface area (Å²) in [5, 5.41) is 0. The van der Waals surface area contributed by atoms with Crippen molar-refractivity contribution in [2.45, 2.75) is 60.8 Å². The van der Waals surface area contributed by atoms with Crippen LogP contribution < -0.4 is 9.47 Å². The number of hydrogen-bond donors (Lipinski definition) is 0. The second-order valence-electron chi connectivity index (χ2n) is 7.49. The molecule has 0 fully saturated rings. The van der Waals surface area contributed by atoms with Crippen LogP contribution in [0.25, 0.3) is 0 Å². The summed E-state index contributed by atoms with van der Waals surface area (Å²) < 4.78 is 11.0. The summed E-state index contributed by atoms with van der Waals surface area (Å²) in [6, 6.07) is 5.42. The van der Waals surface area contributed by atoms with Crippen molar-refractivity contribution in [3.8, 4) is 11.5 Å². The van der Waals surface area contributed by atoms with Crippen LogP contribution >= 0.6 is 0 Å². The van der Waals surface area contributed by atoms with Crippen LogP contribution in [0.15, 0.2) is 18.2 Å². The maximum Gasteiger partial charge on any atom is 0.311 e. The van der Waals surface area contributed by atoms with E-state index >= 15 is 0 Å². The molecule has 0 spiro atoms. The molecule has 0 atom stereocenters. The van der Waals surface area contributed by atoms with Gasteiger partial charge >= 0.3 is 11.9 Å². The minimum absolute atomic E-state index is 0.210. The molecule has 0 saturated heterocycles. The molecule has 0 aliphatic rings. The highest BCUT2D eigenvalue weighted by Crippen LogP contribution is 2.34. The first-order chi connectivity index (χ1) is 11.2. The van der Waals surface area contributed by atoms with Crippen molar-refractivity contribution in [3.63, 3.8) is 0 Å². The largest absolute Gasteiger partial charge is 0.422 e. The van der Waals surface area contributed by atoms with Gasteiger partial charge in [0.15, 0.2) is 11.5 Å². The predicted octanol–water partition coefficient (Wildman–Crippen LogP) is 4.79. The Morgan fingerprint density at radius 2 is 1.38 bits per heavy atom. The lowest BCUT2D eigenvalue weighted by atomic mass is 10.0. The fourth-order valence-electron chi connectivity index (χ4n) is 2.34. The summed E-state index contributed by atoms with van der Waals surface area (Å²) in [6.07, 6.45) is 1.41. The van der Waals surface area contributed by atoms with Crippen LogP contribution in [0.4, 0.5) is 0 Å². The van der Waals surface area contributed by atoms with Gasteiger partial charge in [-0.25, -0.2) is 0 Å². The van der Waals surface area contributed by atoms with Crippen molar-refractivity contribution in [1.29, 1.82) is 0 Å². The topological polar surface area (TPSA) is 52.6 Å². The zero-order chi connectivity index (χ0) is 18.3. The SMILES string of the molecule is CC(C)CC(=O)Oc1cccc(CC(C)C)c1OC(=O)CC(C)C. The number of carbonyl (C=O) groups excluding carboxylic acids is 2. The van der Waals surface area contributed by atoms with Gasteiger partial charge in [0, 0.05) is 12.8 Å². The van der Waals surface area contributed by atoms with Gasteiger partial charge in [-0.1, -0.05) is 53.7 Å². The van der Waals surface area contributed by atoms with E-state index in [1.165, 1.54) is 0 Å². The van der Waals surface area contributed by atoms with Crippen molar-refractivity contribution in [2.75, 3.05) is 0 Å². The van der Waals surface area contributed by atoms with Crippen LogP contribution in [-0.2, 0) is 16.0 Å². The zero-order valence-corrected chi connectivity index (χ0v) is 15.7. The molecule has 0 N–H and O–H groups in total. The van der Waals surface area contributed by atoms with E-state index in [-0.39, 0.29) is 23.8 Å². The maximum absolute atomic E-state index is 12.1. The Balaban J connectivity index is 3.07. The van der Waals surface area contributed by atoms with Gasteiger partial charge in [-0.05, 0) is 35.8 Å². The van der Waals surface area contributed by atoms with Crippen molar-refractivity contribution in [1.82, 2.24) is 0 Å². The molecule has 0 saturated carbocycles. The van der Waals surface area contributed by atoms with Gasteiger partial charge in [-0.3, -0.25) is 9.59 Å². The van der Waals surface area contributed by atoms with Gasteiger partial charge in [0.1, 0.15) is 0 Å². The van der Waals surface area contributed by atoms with E-state index in [9.17, 15) is 9.59 Å². The number of para-hydroxylation sites is 1. The van der Waals surface area contributed by atoms with Crippen LogP contribution in [-0.4, -0.2) is 11.9 Å². The number of rotatable bonds is 8. The average Bonchev–Trinajstić information content (AvgIpc) is 2.39. The van der Waals surface area contributed by atoms with Gasteiger partial charge in [0.05, 0.1) is 0 Å². The fourth-order valence-corrected chi connectivity index (χ4v) is 2.34. The molecule has 1 rings (SSSR count). The third-order valence-corrected chi connectivity index (χ3v) is 3.28. The van der Waals surface area contributed by atoms with Gasteiger partial charge in [0.25, 0.3) is 0 Å². The zero-order valence-electron chi connectivity index (χ0n) is 15.7. The second-order valence-corrected chi connectivity index (χ2v) is 7.49. The summed E-state index contributed by atoms with van der Waals surface area (Å²) in [7, 11) is 0. The summed E-state index contributed by atoms with van der Waals surface area (Å²) in [5.74, 6) is 0.916. The molecule has 134 valence electrons. The molecule has 0 heterocycles. The lowest BCUT2D eigenvalue weighted by Crippen LogP contribution is -2.16. The van der Waals surface area contributed by atoms with Crippen LogP contribution in [0.5, 0.6) is 11.5 Å². The number of ether oxygens (including phenoxy) is 2. The highest BCUT2D eigenvalue weighted by atomic mass is 16.6. The summed E-state index contributed by atoms with van der Waals surface area (Å²) in [6.45, 7) is 12.0. The molecule has 0 aliphatic carbocycles. The molecule has 0 amide bonds. The van der Waals surface area contributed by atoms with Crippen LogP contribution in [0.2, 0.25) is 0 Å². The fraction of sp³-hybridized carbons (Fsp3) is 0.600. The van der Waals surface area contributed by atoms with Gasteiger partial charge in [0.2, 0.25) is 0 Å². The lowest BCUT2D eigenvalue weighted by Gasteiger charge is -2.16. The van der Waals surface area contributed by atoms with E-state index in [1.807, 2.05) is 39.8 Å². The van der Waals surface area contributed by atoms with E-state index in [0.717, 1.165) is 12.0 Å². The molecule has 1 aromatic rings. The van der Waals surface area contributed by atoms with Gasteiger partial charge in [-0.15, -0.1) is 0 Å². The summed E-state index contributed by atoms with van der Waals surface area (Å²) in [5.41, 5.74) is 0.886. The first-order valence-electron chi connectivity index (χ1n) is 8.72. The third-order valence-electron chi connectivity index (χ3n) is 3.28. The van der Waals surface area contributed by atoms with Crippen LogP contribution in [0, 0.1) is 17.8 Å². The number of hydrogen-bond acceptors (Lipinski definition) is 4. The number of carbonyl (C=O) groups is 2. The summed E-state index contributed by atoms with van der Waals surface area (Å²) >= 11 is 0. The standard InChI is InChI=1S/C20H30O4/c1-13(2)10-16-8-7-9-17(23-18(21)11-14(3)4)20(16)24-19(22)12-15(5)6/h7-9,13-15H,10-12H2,1-6H3. The second kappa shape index (κ2) is 9.45. The third kappa shape index (κ3) is 7.16. The Hall–Kier alpha value is -1.84. The molecule has 0 unspecified atom stereocenters. The quantitative estimate of drug-likeness (QED) is 0.507. The molecular formula is C20H30O4. The number of esters is 2. The monoisotopic (exact) mass is 334 g/mol. The van der Waals surface area contributed by atoms with E-state index in [0.29, 0.717) is 30.3 Å². The van der Waals surface area contributed by atoms with Crippen molar-refractivity contribution >= 4 is 11.9 Å². The Morgan fingerprint density at radius 1 is 0.833 bits per heavy atom.